The molecule has 0 radical (unpaired) electrons. The lowest BCUT2D eigenvalue weighted by molar-refractivity contribution is 0.398. The highest BCUT2D eigenvalue weighted by Crippen LogP contribution is 2.37. The minimum Gasteiger partial charge on any atom is -0.345 e. The van der Waals surface area contributed by atoms with Crippen molar-refractivity contribution in [3.8, 4) is 0 Å². The van der Waals surface area contributed by atoms with Crippen molar-refractivity contribution in [2.45, 2.75) is 38.6 Å². The zero-order valence-corrected chi connectivity index (χ0v) is 13.3. The first-order chi connectivity index (χ1) is 9.24. The van der Waals surface area contributed by atoms with Gasteiger partial charge in [-0.15, -0.1) is 0 Å². The summed E-state index contributed by atoms with van der Waals surface area (Å²) < 4.78 is 3.67. The van der Waals surface area contributed by atoms with Crippen LogP contribution in [0.3, 0.4) is 0 Å². The highest BCUT2D eigenvalue weighted by atomic mass is 79.9. The van der Waals surface area contributed by atoms with E-state index in [0.717, 1.165) is 13.0 Å². The van der Waals surface area contributed by atoms with Crippen LogP contribution in [0.5, 0.6) is 0 Å². The van der Waals surface area contributed by atoms with Crippen LogP contribution in [0.1, 0.15) is 43.5 Å². The molecule has 1 fully saturated rings. The number of fused-ring (bicyclic) bond motifs is 1. The molecule has 19 heavy (non-hydrogen) atoms. The van der Waals surface area contributed by atoms with Crippen LogP contribution in [-0.2, 0) is 13.5 Å². The molecule has 1 atom stereocenters. The van der Waals surface area contributed by atoms with E-state index in [0.29, 0.717) is 6.04 Å². The average Bonchev–Trinajstić information content (AvgIpc) is 2.72. The lowest BCUT2D eigenvalue weighted by Gasteiger charge is -2.25. The van der Waals surface area contributed by atoms with Crippen LogP contribution in [0.25, 0.3) is 10.9 Å². The minimum atomic E-state index is 0.491. The Morgan fingerprint density at radius 3 is 2.89 bits per heavy atom. The lowest BCUT2D eigenvalue weighted by atomic mass is 10.0. The molecule has 1 aromatic carbocycles. The Labute approximate surface area is 123 Å². The van der Waals surface area contributed by atoms with Crippen molar-refractivity contribution in [2.24, 2.45) is 7.05 Å². The van der Waals surface area contributed by atoms with Gasteiger partial charge in [-0.1, -0.05) is 31.5 Å². The minimum absolute atomic E-state index is 0.491. The van der Waals surface area contributed by atoms with Crippen LogP contribution in [-0.4, -0.2) is 11.1 Å². The molecule has 3 rings (SSSR count). The quantitative estimate of drug-likeness (QED) is 0.872. The number of nitrogens with zero attached hydrogens (tertiary/aromatic N) is 1. The Bertz CT molecular complexity index is 594. The smallest absolute Gasteiger partial charge is 0.0524 e. The Balaban J connectivity index is 2.19. The fourth-order valence-electron chi connectivity index (χ4n) is 3.33. The van der Waals surface area contributed by atoms with Gasteiger partial charge in [0.1, 0.15) is 0 Å². The maximum atomic E-state index is 3.84. The van der Waals surface area contributed by atoms with Crippen LogP contribution in [0.15, 0.2) is 22.7 Å². The lowest BCUT2D eigenvalue weighted by Crippen LogP contribution is -2.28. The van der Waals surface area contributed by atoms with Crippen molar-refractivity contribution in [2.75, 3.05) is 6.54 Å². The summed E-state index contributed by atoms with van der Waals surface area (Å²) in [4.78, 5) is 0. The molecule has 0 amide bonds. The largest absolute Gasteiger partial charge is 0.345 e. The van der Waals surface area contributed by atoms with Gasteiger partial charge in [-0.3, -0.25) is 0 Å². The number of piperidine rings is 1. The normalized spacial score (nSPS) is 20.1. The molecule has 0 aliphatic carbocycles. The first-order valence-electron chi connectivity index (χ1n) is 7.23. The van der Waals surface area contributed by atoms with Crippen molar-refractivity contribution in [1.29, 1.82) is 0 Å². The first kappa shape index (κ1) is 13.2. The monoisotopic (exact) mass is 320 g/mol. The number of aromatic nitrogens is 1. The molecule has 1 aliphatic rings. The molecule has 0 bridgehead atoms. The second kappa shape index (κ2) is 5.29. The number of hydrogen-bond donors (Lipinski definition) is 1. The van der Waals surface area contributed by atoms with Crippen molar-refractivity contribution in [3.63, 3.8) is 0 Å². The zero-order chi connectivity index (χ0) is 13.4. The molecule has 2 heterocycles. The summed E-state index contributed by atoms with van der Waals surface area (Å²) in [7, 11) is 2.21. The van der Waals surface area contributed by atoms with Gasteiger partial charge in [-0.05, 0) is 47.3 Å². The molecule has 1 aliphatic heterocycles. The summed E-state index contributed by atoms with van der Waals surface area (Å²) in [6, 6.07) is 7.13. The van der Waals surface area contributed by atoms with E-state index in [2.05, 4.69) is 58.0 Å². The fourth-order valence-corrected chi connectivity index (χ4v) is 4.19. The highest BCUT2D eigenvalue weighted by molar-refractivity contribution is 9.10. The molecular formula is C16H21BrN2. The summed E-state index contributed by atoms with van der Waals surface area (Å²) in [5, 5.41) is 5.02. The highest BCUT2D eigenvalue weighted by Gasteiger charge is 2.23. The Morgan fingerprint density at radius 2 is 2.21 bits per heavy atom. The molecule has 1 N–H and O–H groups in total. The van der Waals surface area contributed by atoms with Gasteiger partial charge >= 0.3 is 0 Å². The number of benzene rings is 1. The maximum Gasteiger partial charge on any atom is 0.0524 e. The summed E-state index contributed by atoms with van der Waals surface area (Å²) in [6.07, 6.45) is 4.95. The Morgan fingerprint density at radius 1 is 1.37 bits per heavy atom. The van der Waals surface area contributed by atoms with Gasteiger partial charge < -0.3 is 9.88 Å². The molecule has 2 aromatic rings. The van der Waals surface area contributed by atoms with Crippen molar-refractivity contribution in [1.82, 2.24) is 9.88 Å². The van der Waals surface area contributed by atoms with E-state index < -0.39 is 0 Å². The van der Waals surface area contributed by atoms with Gasteiger partial charge in [0.15, 0.2) is 0 Å². The van der Waals surface area contributed by atoms with E-state index in [4.69, 9.17) is 0 Å². The standard InChI is InChI=1S/C16H21BrN2/c1-3-11-7-6-8-12-14(17)16(19(2)15(11)12)13-9-4-5-10-18-13/h6-8,13,18H,3-5,9-10H2,1-2H3. The topological polar surface area (TPSA) is 17.0 Å². The number of halogens is 1. The number of hydrogen-bond acceptors (Lipinski definition) is 1. The van der Waals surface area contributed by atoms with Crippen molar-refractivity contribution >= 4 is 26.8 Å². The molecule has 0 spiro atoms. The van der Waals surface area contributed by atoms with Gasteiger partial charge in [0, 0.05) is 28.6 Å². The van der Waals surface area contributed by atoms with Crippen LogP contribution < -0.4 is 5.32 Å². The van der Waals surface area contributed by atoms with Gasteiger partial charge in [-0.25, -0.2) is 0 Å². The third kappa shape index (κ3) is 2.13. The first-order valence-corrected chi connectivity index (χ1v) is 8.02. The molecule has 0 saturated carbocycles. The summed E-state index contributed by atoms with van der Waals surface area (Å²) in [5.74, 6) is 0. The summed E-state index contributed by atoms with van der Waals surface area (Å²) in [6.45, 7) is 3.37. The molecule has 2 nitrogen and oxygen atoms in total. The Kier molecular flexibility index (Phi) is 3.68. The van der Waals surface area contributed by atoms with Gasteiger partial charge in [-0.2, -0.15) is 0 Å². The summed E-state index contributed by atoms with van der Waals surface area (Å²) in [5.41, 5.74) is 4.23. The Hall–Kier alpha value is -0.800. The van der Waals surface area contributed by atoms with E-state index in [1.165, 1.54) is 45.9 Å². The number of rotatable bonds is 2. The number of aryl methyl sites for hydroxylation is 2. The zero-order valence-electron chi connectivity index (χ0n) is 11.7. The van der Waals surface area contributed by atoms with Crippen LogP contribution in [0, 0.1) is 0 Å². The average molecular weight is 321 g/mol. The van der Waals surface area contributed by atoms with Crippen LogP contribution >= 0.6 is 15.9 Å². The maximum absolute atomic E-state index is 3.84. The van der Waals surface area contributed by atoms with Crippen molar-refractivity contribution in [3.05, 3.63) is 33.9 Å². The predicted molar refractivity (Wildman–Crippen MR) is 84.6 cm³/mol. The fraction of sp³-hybridized carbons (Fsp3) is 0.500. The second-order valence-corrected chi connectivity index (χ2v) is 6.22. The van der Waals surface area contributed by atoms with Gasteiger partial charge in [0.05, 0.1) is 5.52 Å². The van der Waals surface area contributed by atoms with E-state index in [-0.39, 0.29) is 0 Å². The van der Waals surface area contributed by atoms with Crippen LogP contribution in [0.4, 0.5) is 0 Å². The molecule has 1 unspecified atom stereocenters. The van der Waals surface area contributed by atoms with Crippen LogP contribution in [0.2, 0.25) is 0 Å². The van der Waals surface area contributed by atoms with E-state index in [1.807, 2.05) is 0 Å². The van der Waals surface area contributed by atoms with Gasteiger partial charge in [0.2, 0.25) is 0 Å². The molecular weight excluding hydrogens is 300 g/mol. The number of nitrogens with one attached hydrogen (secondary N) is 1. The van der Waals surface area contributed by atoms with E-state index in [1.54, 1.807) is 0 Å². The number of para-hydroxylation sites is 1. The summed E-state index contributed by atoms with van der Waals surface area (Å²) >= 11 is 3.84. The third-order valence-corrected chi connectivity index (χ3v) is 5.13. The molecule has 102 valence electrons. The molecule has 3 heteroatoms. The van der Waals surface area contributed by atoms with E-state index in [9.17, 15) is 0 Å². The second-order valence-electron chi connectivity index (χ2n) is 5.43. The SMILES string of the molecule is CCc1cccc2c(Br)c(C3CCCCN3)n(C)c12. The van der Waals surface area contributed by atoms with Gasteiger partial charge in [0.25, 0.3) is 0 Å². The van der Waals surface area contributed by atoms with E-state index >= 15 is 0 Å². The predicted octanol–water partition coefficient (Wildman–Crippen LogP) is 4.32. The van der Waals surface area contributed by atoms with Crippen molar-refractivity contribution < 1.29 is 0 Å². The molecule has 1 aromatic heterocycles. The molecule has 1 saturated heterocycles. The third-order valence-electron chi connectivity index (χ3n) is 4.30.